The number of para-hydroxylation sites is 1. The zero-order valence-electron chi connectivity index (χ0n) is 15.1. The Morgan fingerprint density at radius 1 is 1.03 bits per heavy atom. The van der Waals surface area contributed by atoms with Gasteiger partial charge in [-0.05, 0) is 42.5 Å². The normalized spacial score (nSPS) is 12.0. The Hall–Kier alpha value is -4.20. The van der Waals surface area contributed by atoms with Crippen molar-refractivity contribution in [2.24, 2.45) is 5.10 Å². The van der Waals surface area contributed by atoms with Crippen molar-refractivity contribution in [1.82, 2.24) is 10.4 Å². The number of benzene rings is 2. The van der Waals surface area contributed by atoms with Crippen LogP contribution in [0.25, 0.3) is 0 Å². The van der Waals surface area contributed by atoms with Crippen molar-refractivity contribution in [2.45, 2.75) is 0 Å². The molecular weight excluding hydrogens is 374 g/mol. The molecule has 29 heavy (non-hydrogen) atoms. The summed E-state index contributed by atoms with van der Waals surface area (Å²) in [5.74, 6) is 0.424. The molecular formula is C21H15N3O5. The minimum Gasteiger partial charge on any atom is -0.454 e. The van der Waals surface area contributed by atoms with Crippen LogP contribution in [0, 0.1) is 0 Å². The van der Waals surface area contributed by atoms with Crippen molar-refractivity contribution in [3.8, 4) is 17.2 Å². The van der Waals surface area contributed by atoms with E-state index in [-0.39, 0.29) is 6.79 Å². The maximum atomic E-state index is 12.5. The van der Waals surface area contributed by atoms with Crippen LogP contribution in [-0.4, -0.2) is 29.9 Å². The molecule has 0 unspecified atom stereocenters. The summed E-state index contributed by atoms with van der Waals surface area (Å²) >= 11 is 0. The van der Waals surface area contributed by atoms with E-state index < -0.39 is 11.9 Å². The molecule has 0 radical (unpaired) electrons. The Morgan fingerprint density at radius 3 is 2.76 bits per heavy atom. The molecule has 0 aliphatic carbocycles. The molecule has 0 spiro atoms. The SMILES string of the molecule is O=C(N/N=C\c1ccccc1OC(=O)c1ccc2c(c1)OCO2)c1cccnc1. The molecule has 8 heteroatoms. The smallest absolute Gasteiger partial charge is 0.343 e. The van der Waals surface area contributed by atoms with Crippen molar-refractivity contribution < 1.29 is 23.8 Å². The number of nitrogens with one attached hydrogen (secondary N) is 1. The van der Waals surface area contributed by atoms with E-state index in [0.717, 1.165) is 0 Å². The van der Waals surface area contributed by atoms with Gasteiger partial charge in [0.25, 0.3) is 5.91 Å². The molecule has 2 heterocycles. The minimum atomic E-state index is -0.552. The van der Waals surface area contributed by atoms with E-state index in [1.807, 2.05) is 0 Å². The molecule has 0 saturated carbocycles. The number of pyridine rings is 1. The first-order valence-corrected chi connectivity index (χ1v) is 8.65. The molecule has 1 aliphatic heterocycles. The number of esters is 1. The van der Waals surface area contributed by atoms with Crippen molar-refractivity contribution >= 4 is 18.1 Å². The minimum absolute atomic E-state index is 0.123. The maximum Gasteiger partial charge on any atom is 0.343 e. The fraction of sp³-hybridized carbons (Fsp3) is 0.0476. The number of hydrogen-bond acceptors (Lipinski definition) is 7. The molecule has 0 bridgehead atoms. The van der Waals surface area contributed by atoms with Gasteiger partial charge in [-0.25, -0.2) is 10.2 Å². The number of nitrogens with zero attached hydrogens (tertiary/aromatic N) is 2. The number of ether oxygens (including phenoxy) is 3. The summed E-state index contributed by atoms with van der Waals surface area (Å²) in [7, 11) is 0. The molecule has 8 nitrogen and oxygen atoms in total. The molecule has 0 fully saturated rings. The predicted octanol–water partition coefficient (Wildman–Crippen LogP) is 2.79. The first-order valence-electron chi connectivity index (χ1n) is 8.65. The van der Waals surface area contributed by atoms with Gasteiger partial charge in [-0.3, -0.25) is 9.78 Å². The van der Waals surface area contributed by atoms with E-state index in [9.17, 15) is 9.59 Å². The van der Waals surface area contributed by atoms with Gasteiger partial charge < -0.3 is 14.2 Å². The number of hydrazone groups is 1. The van der Waals surface area contributed by atoms with Crippen LogP contribution in [0.3, 0.4) is 0 Å². The largest absolute Gasteiger partial charge is 0.454 e. The summed E-state index contributed by atoms with van der Waals surface area (Å²) in [4.78, 5) is 28.4. The maximum absolute atomic E-state index is 12.5. The third-order valence-corrected chi connectivity index (χ3v) is 4.02. The van der Waals surface area contributed by atoms with Gasteiger partial charge in [0.15, 0.2) is 11.5 Å². The second-order valence-corrected chi connectivity index (χ2v) is 5.94. The molecule has 3 aromatic rings. The summed E-state index contributed by atoms with van der Waals surface area (Å²) in [6.45, 7) is 0.123. The Bertz CT molecular complexity index is 1080. The highest BCUT2D eigenvalue weighted by molar-refractivity contribution is 5.96. The Labute approximate surface area is 165 Å². The molecule has 0 saturated heterocycles. The highest BCUT2D eigenvalue weighted by atomic mass is 16.7. The fourth-order valence-electron chi connectivity index (χ4n) is 2.58. The Kier molecular flexibility index (Phi) is 5.15. The quantitative estimate of drug-likeness (QED) is 0.312. The number of amides is 1. The molecule has 1 aromatic heterocycles. The van der Waals surface area contributed by atoms with Crippen LogP contribution in [-0.2, 0) is 0 Å². The van der Waals surface area contributed by atoms with E-state index in [4.69, 9.17) is 14.2 Å². The van der Waals surface area contributed by atoms with E-state index in [2.05, 4.69) is 15.5 Å². The lowest BCUT2D eigenvalue weighted by Gasteiger charge is -2.08. The van der Waals surface area contributed by atoms with Crippen LogP contribution in [0.1, 0.15) is 26.3 Å². The van der Waals surface area contributed by atoms with Gasteiger partial charge >= 0.3 is 5.97 Å². The van der Waals surface area contributed by atoms with Crippen LogP contribution in [0.5, 0.6) is 17.2 Å². The van der Waals surface area contributed by atoms with Gasteiger partial charge in [0, 0.05) is 18.0 Å². The summed E-state index contributed by atoms with van der Waals surface area (Å²) in [5, 5.41) is 3.93. The van der Waals surface area contributed by atoms with Crippen LogP contribution in [0.4, 0.5) is 0 Å². The lowest BCUT2D eigenvalue weighted by Crippen LogP contribution is -2.17. The van der Waals surface area contributed by atoms with E-state index in [1.165, 1.54) is 12.4 Å². The van der Waals surface area contributed by atoms with Crippen molar-refractivity contribution in [1.29, 1.82) is 0 Å². The second-order valence-electron chi connectivity index (χ2n) is 5.94. The summed E-state index contributed by atoms with van der Waals surface area (Å²) in [5.41, 5.74) is 3.64. The predicted molar refractivity (Wildman–Crippen MR) is 103 cm³/mol. The van der Waals surface area contributed by atoms with Crippen molar-refractivity contribution in [2.75, 3.05) is 6.79 Å². The Balaban J connectivity index is 1.45. The number of fused-ring (bicyclic) bond motifs is 1. The third kappa shape index (κ3) is 4.22. The summed E-state index contributed by atoms with van der Waals surface area (Å²) in [6.07, 6.45) is 4.41. The van der Waals surface area contributed by atoms with Crippen LogP contribution in [0.2, 0.25) is 0 Å². The van der Waals surface area contributed by atoms with E-state index >= 15 is 0 Å². The van der Waals surface area contributed by atoms with E-state index in [1.54, 1.807) is 60.8 Å². The zero-order chi connectivity index (χ0) is 20.1. The lowest BCUT2D eigenvalue weighted by atomic mass is 10.2. The number of carbonyl (C=O) groups is 2. The van der Waals surface area contributed by atoms with Crippen LogP contribution < -0.4 is 19.6 Å². The summed E-state index contributed by atoms with van der Waals surface area (Å²) < 4.78 is 16.0. The van der Waals surface area contributed by atoms with Gasteiger partial charge in [0.05, 0.1) is 17.3 Å². The molecule has 2 aromatic carbocycles. The highest BCUT2D eigenvalue weighted by Gasteiger charge is 2.18. The fourth-order valence-corrected chi connectivity index (χ4v) is 2.58. The first-order chi connectivity index (χ1) is 14.2. The van der Waals surface area contributed by atoms with Gasteiger partial charge in [0.2, 0.25) is 6.79 Å². The number of hydrogen-bond donors (Lipinski definition) is 1. The van der Waals surface area contributed by atoms with Crippen LogP contribution >= 0.6 is 0 Å². The van der Waals surface area contributed by atoms with Crippen molar-refractivity contribution in [3.63, 3.8) is 0 Å². The second kappa shape index (κ2) is 8.22. The molecule has 1 N–H and O–H groups in total. The highest BCUT2D eigenvalue weighted by Crippen LogP contribution is 2.32. The standard InChI is InChI=1S/C21H15N3O5/c25-20(16-5-3-9-22-11-16)24-23-12-15-4-1-2-6-17(15)29-21(26)14-7-8-18-19(10-14)28-13-27-18/h1-12H,13H2,(H,24,25)/b23-12-. The number of rotatable bonds is 5. The Morgan fingerprint density at radius 2 is 1.90 bits per heavy atom. The molecule has 1 aliphatic rings. The average molecular weight is 389 g/mol. The third-order valence-electron chi connectivity index (χ3n) is 4.02. The van der Waals surface area contributed by atoms with E-state index in [0.29, 0.717) is 33.9 Å². The molecule has 1 amide bonds. The van der Waals surface area contributed by atoms with Gasteiger partial charge in [-0.2, -0.15) is 5.10 Å². The average Bonchev–Trinajstić information content (AvgIpc) is 3.23. The zero-order valence-corrected chi connectivity index (χ0v) is 15.1. The van der Waals surface area contributed by atoms with Gasteiger partial charge in [-0.1, -0.05) is 12.1 Å². The van der Waals surface area contributed by atoms with Gasteiger partial charge in [0.1, 0.15) is 5.75 Å². The van der Waals surface area contributed by atoms with Gasteiger partial charge in [-0.15, -0.1) is 0 Å². The topological polar surface area (TPSA) is 99.1 Å². The summed E-state index contributed by atoms with van der Waals surface area (Å²) in [6, 6.07) is 14.9. The van der Waals surface area contributed by atoms with Crippen molar-refractivity contribution in [3.05, 3.63) is 83.7 Å². The first kappa shape index (κ1) is 18.2. The molecule has 0 atom stereocenters. The molecule has 4 rings (SSSR count). The number of carbonyl (C=O) groups excluding carboxylic acids is 2. The lowest BCUT2D eigenvalue weighted by molar-refractivity contribution is 0.0733. The number of aromatic nitrogens is 1. The monoisotopic (exact) mass is 389 g/mol. The molecule has 144 valence electrons. The van der Waals surface area contributed by atoms with Crippen LogP contribution in [0.15, 0.2) is 72.1 Å².